The molecular weight excluding hydrogens is 258 g/mol. The Labute approximate surface area is 116 Å². The van der Waals surface area contributed by atoms with Crippen molar-refractivity contribution in [1.82, 2.24) is 19.6 Å². The van der Waals surface area contributed by atoms with Crippen LogP contribution in [0.2, 0.25) is 0 Å². The topological polar surface area (TPSA) is 83.6 Å². The fourth-order valence-corrected chi connectivity index (χ4v) is 2.94. The van der Waals surface area contributed by atoms with Crippen molar-refractivity contribution in [3.05, 3.63) is 18.1 Å². The van der Waals surface area contributed by atoms with E-state index in [-0.39, 0.29) is 5.92 Å². The van der Waals surface area contributed by atoms with Gasteiger partial charge in [-0.1, -0.05) is 6.92 Å². The Balaban J connectivity index is 2.12. The number of rotatable bonds is 2. The van der Waals surface area contributed by atoms with Crippen LogP contribution in [0.15, 0.2) is 12.4 Å². The summed E-state index contributed by atoms with van der Waals surface area (Å²) in [6.45, 7) is 4.57. The first kappa shape index (κ1) is 12.8. The van der Waals surface area contributed by atoms with Crippen molar-refractivity contribution in [1.29, 1.82) is 0 Å². The monoisotopic (exact) mass is 275 g/mol. The Morgan fingerprint density at radius 3 is 3.05 bits per heavy atom. The first-order chi connectivity index (χ1) is 9.58. The molecule has 0 saturated carbocycles. The van der Waals surface area contributed by atoms with Crippen LogP contribution < -0.4 is 4.90 Å². The molecule has 1 aliphatic heterocycles. The first-order valence-corrected chi connectivity index (χ1v) is 6.75. The number of piperidine rings is 1. The largest absolute Gasteiger partial charge is 0.480 e. The fourth-order valence-electron chi connectivity index (χ4n) is 2.94. The third-order valence-corrected chi connectivity index (χ3v) is 3.84. The van der Waals surface area contributed by atoms with E-state index in [0.717, 1.165) is 24.4 Å². The number of aliphatic carboxylic acids is 1. The molecule has 2 aromatic heterocycles. The number of carbonyl (C=O) groups is 1. The van der Waals surface area contributed by atoms with E-state index in [2.05, 4.69) is 15.1 Å². The zero-order valence-corrected chi connectivity index (χ0v) is 11.5. The minimum absolute atomic E-state index is 0.105. The zero-order chi connectivity index (χ0) is 14.3. The highest BCUT2D eigenvalue weighted by molar-refractivity contribution is 5.78. The predicted octanol–water partition coefficient (Wildman–Crippen LogP) is 1.12. The van der Waals surface area contributed by atoms with Crippen LogP contribution in [0.1, 0.15) is 25.5 Å². The lowest BCUT2D eigenvalue weighted by Crippen LogP contribution is -2.50. The third kappa shape index (κ3) is 1.99. The molecule has 0 radical (unpaired) electrons. The van der Waals surface area contributed by atoms with Gasteiger partial charge in [-0.15, -0.1) is 0 Å². The second-order valence-corrected chi connectivity index (χ2v) is 5.32. The van der Waals surface area contributed by atoms with Crippen LogP contribution in [0.5, 0.6) is 0 Å². The molecule has 2 aromatic rings. The van der Waals surface area contributed by atoms with Crippen LogP contribution in [0.25, 0.3) is 5.78 Å². The first-order valence-electron chi connectivity index (χ1n) is 6.75. The second kappa shape index (κ2) is 4.73. The molecule has 3 heterocycles. The average molecular weight is 275 g/mol. The van der Waals surface area contributed by atoms with Crippen LogP contribution in [0, 0.1) is 12.8 Å². The van der Waals surface area contributed by atoms with Crippen LogP contribution in [-0.4, -0.2) is 43.2 Å². The number of hydrogen-bond acceptors (Lipinski definition) is 5. The van der Waals surface area contributed by atoms with Gasteiger partial charge in [0, 0.05) is 18.3 Å². The number of anilines is 1. The maximum absolute atomic E-state index is 11.6. The van der Waals surface area contributed by atoms with Gasteiger partial charge < -0.3 is 10.0 Å². The Bertz CT molecular complexity index is 653. The lowest BCUT2D eigenvalue weighted by molar-refractivity contribution is -0.140. The molecule has 2 atom stereocenters. The lowest BCUT2D eigenvalue weighted by Gasteiger charge is -2.38. The summed E-state index contributed by atoms with van der Waals surface area (Å²) < 4.78 is 1.61. The number of hydrogen-bond donors (Lipinski definition) is 1. The Hall–Kier alpha value is -2.18. The minimum atomic E-state index is -0.792. The van der Waals surface area contributed by atoms with E-state index in [4.69, 9.17) is 0 Å². The molecule has 1 aliphatic rings. The molecule has 3 rings (SSSR count). The normalized spacial score (nSPS) is 23.2. The molecule has 0 amide bonds. The van der Waals surface area contributed by atoms with Crippen molar-refractivity contribution in [3.63, 3.8) is 0 Å². The quantitative estimate of drug-likeness (QED) is 0.884. The molecule has 1 N–H and O–H groups in total. The Morgan fingerprint density at radius 2 is 2.30 bits per heavy atom. The standard InChI is InChI=1S/C13H17N5O2/c1-8-4-3-5-17(11(8)12(19)20)10-6-9(2)16-13-14-7-15-18(10)13/h6-8,11H,3-5H2,1-2H3,(H,19,20). The van der Waals surface area contributed by atoms with Crippen molar-refractivity contribution in [2.24, 2.45) is 5.92 Å². The van der Waals surface area contributed by atoms with Gasteiger partial charge in [-0.3, -0.25) is 0 Å². The van der Waals surface area contributed by atoms with Gasteiger partial charge in [-0.05, 0) is 25.7 Å². The fraction of sp³-hybridized carbons (Fsp3) is 0.538. The molecule has 7 nitrogen and oxygen atoms in total. The molecule has 20 heavy (non-hydrogen) atoms. The highest BCUT2D eigenvalue weighted by atomic mass is 16.4. The van der Waals surface area contributed by atoms with Crippen molar-refractivity contribution >= 4 is 17.6 Å². The van der Waals surface area contributed by atoms with E-state index < -0.39 is 12.0 Å². The summed E-state index contributed by atoms with van der Waals surface area (Å²) in [6, 6.07) is 1.34. The van der Waals surface area contributed by atoms with Gasteiger partial charge in [0.1, 0.15) is 18.2 Å². The van der Waals surface area contributed by atoms with Crippen molar-refractivity contribution in [3.8, 4) is 0 Å². The van der Waals surface area contributed by atoms with E-state index >= 15 is 0 Å². The summed E-state index contributed by atoms with van der Waals surface area (Å²) >= 11 is 0. The number of aryl methyl sites for hydroxylation is 1. The summed E-state index contributed by atoms with van der Waals surface area (Å²) in [5, 5.41) is 13.7. The molecule has 2 unspecified atom stereocenters. The van der Waals surface area contributed by atoms with Gasteiger partial charge >= 0.3 is 5.97 Å². The summed E-state index contributed by atoms with van der Waals surface area (Å²) in [5.41, 5.74) is 0.808. The van der Waals surface area contributed by atoms with Crippen LogP contribution in [0.3, 0.4) is 0 Å². The predicted molar refractivity (Wildman–Crippen MR) is 72.7 cm³/mol. The van der Waals surface area contributed by atoms with Crippen LogP contribution in [-0.2, 0) is 4.79 Å². The molecule has 1 saturated heterocycles. The molecular formula is C13H17N5O2. The van der Waals surface area contributed by atoms with Crippen molar-refractivity contribution in [2.75, 3.05) is 11.4 Å². The van der Waals surface area contributed by atoms with Gasteiger partial charge in [0.15, 0.2) is 0 Å². The maximum atomic E-state index is 11.6. The van der Waals surface area contributed by atoms with Gasteiger partial charge in [-0.25, -0.2) is 9.78 Å². The molecule has 1 fully saturated rings. The van der Waals surface area contributed by atoms with Gasteiger partial charge in [-0.2, -0.15) is 14.6 Å². The van der Waals surface area contributed by atoms with E-state index in [1.807, 2.05) is 24.8 Å². The average Bonchev–Trinajstić information content (AvgIpc) is 2.84. The van der Waals surface area contributed by atoms with Crippen molar-refractivity contribution < 1.29 is 9.90 Å². The highest BCUT2D eigenvalue weighted by Crippen LogP contribution is 2.29. The number of carboxylic acid groups (broad SMARTS) is 1. The Morgan fingerprint density at radius 1 is 1.50 bits per heavy atom. The molecule has 0 aromatic carbocycles. The molecule has 7 heteroatoms. The van der Waals surface area contributed by atoms with E-state index in [1.165, 1.54) is 6.33 Å². The molecule has 0 spiro atoms. The molecule has 0 bridgehead atoms. The summed E-state index contributed by atoms with van der Waals surface area (Å²) in [6.07, 6.45) is 3.34. The number of aromatic nitrogens is 4. The lowest BCUT2D eigenvalue weighted by atomic mass is 9.91. The second-order valence-electron chi connectivity index (χ2n) is 5.32. The van der Waals surface area contributed by atoms with E-state index in [9.17, 15) is 9.90 Å². The highest BCUT2D eigenvalue weighted by Gasteiger charge is 2.35. The third-order valence-electron chi connectivity index (χ3n) is 3.84. The van der Waals surface area contributed by atoms with Crippen LogP contribution in [0.4, 0.5) is 5.82 Å². The molecule has 0 aliphatic carbocycles. The van der Waals surface area contributed by atoms with Gasteiger partial charge in [0.2, 0.25) is 0 Å². The summed E-state index contributed by atoms with van der Waals surface area (Å²) in [4.78, 5) is 21.9. The van der Waals surface area contributed by atoms with Crippen LogP contribution >= 0.6 is 0 Å². The maximum Gasteiger partial charge on any atom is 0.326 e. The van der Waals surface area contributed by atoms with E-state index in [1.54, 1.807) is 4.52 Å². The summed E-state index contributed by atoms with van der Waals surface area (Å²) in [7, 11) is 0. The number of nitrogens with zero attached hydrogens (tertiary/aromatic N) is 5. The van der Waals surface area contributed by atoms with Crippen molar-refractivity contribution in [2.45, 2.75) is 32.7 Å². The zero-order valence-electron chi connectivity index (χ0n) is 11.5. The SMILES string of the molecule is Cc1cc(N2CCCC(C)C2C(=O)O)n2ncnc2n1. The molecule has 106 valence electrons. The van der Waals surface area contributed by atoms with Gasteiger partial charge in [0.05, 0.1) is 0 Å². The van der Waals surface area contributed by atoms with Gasteiger partial charge in [0.25, 0.3) is 5.78 Å². The number of carboxylic acids is 1. The number of fused-ring (bicyclic) bond motifs is 1. The minimum Gasteiger partial charge on any atom is -0.480 e. The van der Waals surface area contributed by atoms with E-state index in [0.29, 0.717) is 12.3 Å². The summed E-state index contributed by atoms with van der Waals surface area (Å²) in [5.74, 6) is 0.569. The smallest absolute Gasteiger partial charge is 0.326 e. The Kier molecular flexibility index (Phi) is 3.04.